The van der Waals surface area contributed by atoms with Crippen LogP contribution in [0.3, 0.4) is 0 Å². The van der Waals surface area contributed by atoms with Crippen LogP contribution in [0.25, 0.3) is 0 Å². The summed E-state index contributed by atoms with van der Waals surface area (Å²) in [6, 6.07) is 3.39. The third-order valence-corrected chi connectivity index (χ3v) is 2.47. The van der Waals surface area contributed by atoms with Gasteiger partial charge in [-0.3, -0.25) is 0 Å². The Morgan fingerprint density at radius 2 is 1.94 bits per heavy atom. The van der Waals surface area contributed by atoms with E-state index in [1.54, 1.807) is 0 Å². The molecule has 2 nitrogen and oxygen atoms in total. The van der Waals surface area contributed by atoms with Crippen LogP contribution in [0.1, 0.15) is 43.4 Å². The fourth-order valence-corrected chi connectivity index (χ4v) is 1.50. The molecular formula is C12H14F2N2. The monoisotopic (exact) mass is 224 g/mol. The minimum atomic E-state index is -0.843. The van der Waals surface area contributed by atoms with Crippen LogP contribution < -0.4 is 5.73 Å². The van der Waals surface area contributed by atoms with Crippen molar-refractivity contribution in [1.29, 1.82) is 5.26 Å². The van der Waals surface area contributed by atoms with Gasteiger partial charge in [0.05, 0.1) is 0 Å². The van der Waals surface area contributed by atoms with Gasteiger partial charge in [-0.1, -0.05) is 19.8 Å². The summed E-state index contributed by atoms with van der Waals surface area (Å²) in [6.45, 7) is 2.02. The number of unbranched alkanes of at least 4 members (excludes halogenated alkanes) is 1. The Balaban J connectivity index is 2.96. The number of nitrogens with zero attached hydrogens (tertiary/aromatic N) is 1. The highest BCUT2D eigenvalue weighted by molar-refractivity contribution is 5.36. The summed E-state index contributed by atoms with van der Waals surface area (Å²) in [4.78, 5) is 0. The van der Waals surface area contributed by atoms with Crippen molar-refractivity contribution in [3.63, 3.8) is 0 Å². The quantitative estimate of drug-likeness (QED) is 0.854. The molecule has 0 radical (unpaired) electrons. The first-order valence-corrected chi connectivity index (χ1v) is 5.24. The molecule has 86 valence electrons. The third kappa shape index (κ3) is 2.77. The molecule has 0 aliphatic rings. The van der Waals surface area contributed by atoms with Crippen LogP contribution in [0, 0.1) is 23.0 Å². The second kappa shape index (κ2) is 5.57. The lowest BCUT2D eigenvalue weighted by Gasteiger charge is -2.12. The van der Waals surface area contributed by atoms with E-state index in [9.17, 15) is 8.78 Å². The molecule has 1 atom stereocenters. The van der Waals surface area contributed by atoms with E-state index in [1.807, 2.05) is 6.92 Å². The van der Waals surface area contributed by atoms with Crippen LogP contribution in [-0.2, 0) is 0 Å². The maximum Gasteiger partial charge on any atom is 0.144 e. The minimum Gasteiger partial charge on any atom is -0.324 e. The molecule has 0 spiro atoms. The van der Waals surface area contributed by atoms with Crippen molar-refractivity contribution < 1.29 is 8.78 Å². The second-order valence-electron chi connectivity index (χ2n) is 3.72. The number of nitrogens with two attached hydrogens (primary N) is 1. The van der Waals surface area contributed by atoms with E-state index in [1.165, 1.54) is 6.07 Å². The molecule has 0 unspecified atom stereocenters. The van der Waals surface area contributed by atoms with Crippen LogP contribution in [0.15, 0.2) is 12.1 Å². The first kappa shape index (κ1) is 12.6. The summed E-state index contributed by atoms with van der Waals surface area (Å²) in [5.74, 6) is -1.69. The summed E-state index contributed by atoms with van der Waals surface area (Å²) in [7, 11) is 0. The number of halogens is 2. The molecule has 0 aromatic heterocycles. The molecule has 0 saturated carbocycles. The topological polar surface area (TPSA) is 49.8 Å². The Bertz CT molecular complexity index is 387. The first-order valence-electron chi connectivity index (χ1n) is 5.24. The lowest BCUT2D eigenvalue weighted by atomic mass is 10.0. The molecule has 0 amide bonds. The lowest BCUT2D eigenvalue weighted by molar-refractivity contribution is 0.555. The Hall–Kier alpha value is -1.47. The van der Waals surface area contributed by atoms with Crippen LogP contribution in [-0.4, -0.2) is 0 Å². The van der Waals surface area contributed by atoms with Crippen LogP contribution >= 0.6 is 0 Å². The lowest BCUT2D eigenvalue weighted by Crippen LogP contribution is -2.11. The Kier molecular flexibility index (Phi) is 4.39. The van der Waals surface area contributed by atoms with E-state index in [-0.39, 0.29) is 6.04 Å². The Morgan fingerprint density at radius 3 is 2.38 bits per heavy atom. The summed E-state index contributed by atoms with van der Waals surface area (Å²) in [6.07, 6.45) is 2.57. The van der Waals surface area contributed by atoms with Gasteiger partial charge in [-0.25, -0.2) is 8.78 Å². The van der Waals surface area contributed by atoms with Gasteiger partial charge in [-0.05, 0) is 24.1 Å². The molecule has 0 bridgehead atoms. The maximum absolute atomic E-state index is 13.3. The van der Waals surface area contributed by atoms with Crippen molar-refractivity contribution in [3.05, 3.63) is 34.9 Å². The highest BCUT2D eigenvalue weighted by atomic mass is 19.1. The van der Waals surface area contributed by atoms with Crippen LogP contribution in [0.4, 0.5) is 8.78 Å². The van der Waals surface area contributed by atoms with Crippen molar-refractivity contribution in [2.75, 3.05) is 0 Å². The number of hydrogen-bond acceptors (Lipinski definition) is 2. The fourth-order valence-electron chi connectivity index (χ4n) is 1.50. The number of nitriles is 1. The molecule has 0 fully saturated rings. The molecule has 16 heavy (non-hydrogen) atoms. The Labute approximate surface area is 93.7 Å². The summed E-state index contributed by atoms with van der Waals surface area (Å²) < 4.78 is 26.6. The van der Waals surface area contributed by atoms with Crippen molar-refractivity contribution in [1.82, 2.24) is 0 Å². The Morgan fingerprint density at radius 1 is 1.38 bits per heavy atom. The number of rotatable bonds is 4. The van der Waals surface area contributed by atoms with Gasteiger partial charge >= 0.3 is 0 Å². The first-order chi connectivity index (χ1) is 7.60. The largest absolute Gasteiger partial charge is 0.324 e. The van der Waals surface area contributed by atoms with Crippen molar-refractivity contribution in [2.24, 2.45) is 5.73 Å². The van der Waals surface area contributed by atoms with E-state index in [0.29, 0.717) is 12.0 Å². The van der Waals surface area contributed by atoms with Gasteiger partial charge in [-0.2, -0.15) is 5.26 Å². The SMILES string of the molecule is CCCC[C@@H](N)c1cc(F)c(C#N)c(F)c1. The van der Waals surface area contributed by atoms with Crippen LogP contribution in [0.5, 0.6) is 0 Å². The molecular weight excluding hydrogens is 210 g/mol. The number of hydrogen-bond donors (Lipinski definition) is 1. The molecule has 1 rings (SSSR count). The van der Waals surface area contributed by atoms with Crippen LogP contribution in [0.2, 0.25) is 0 Å². The zero-order chi connectivity index (χ0) is 12.1. The molecule has 0 aliphatic heterocycles. The summed E-state index contributed by atoms with van der Waals surface area (Å²) in [5.41, 5.74) is 5.65. The van der Waals surface area contributed by atoms with E-state index in [4.69, 9.17) is 11.0 Å². The normalized spacial score (nSPS) is 12.2. The van der Waals surface area contributed by atoms with E-state index in [0.717, 1.165) is 25.0 Å². The average Bonchev–Trinajstić information content (AvgIpc) is 2.25. The number of benzene rings is 1. The van der Waals surface area contributed by atoms with Gasteiger partial charge in [-0.15, -0.1) is 0 Å². The van der Waals surface area contributed by atoms with Crippen molar-refractivity contribution in [3.8, 4) is 6.07 Å². The van der Waals surface area contributed by atoms with E-state index in [2.05, 4.69) is 0 Å². The third-order valence-electron chi connectivity index (χ3n) is 2.47. The average molecular weight is 224 g/mol. The highest BCUT2D eigenvalue weighted by Crippen LogP contribution is 2.21. The molecule has 1 aromatic carbocycles. The van der Waals surface area contributed by atoms with E-state index < -0.39 is 17.2 Å². The fraction of sp³-hybridized carbons (Fsp3) is 0.417. The van der Waals surface area contributed by atoms with Gasteiger partial charge in [0.25, 0.3) is 0 Å². The van der Waals surface area contributed by atoms with E-state index >= 15 is 0 Å². The highest BCUT2D eigenvalue weighted by Gasteiger charge is 2.14. The molecule has 2 N–H and O–H groups in total. The molecule has 0 saturated heterocycles. The zero-order valence-corrected chi connectivity index (χ0v) is 9.13. The van der Waals surface area contributed by atoms with Gasteiger partial charge in [0.15, 0.2) is 0 Å². The molecule has 4 heteroatoms. The standard InChI is InChI=1S/C12H14F2N2/c1-2-3-4-12(16)8-5-10(13)9(7-15)11(14)6-8/h5-6,12H,2-4,16H2,1H3/t12-/m1/s1. The minimum absolute atomic E-state index is 0.378. The predicted octanol–water partition coefficient (Wildman–Crippen LogP) is 3.03. The molecule has 0 aliphatic carbocycles. The second-order valence-corrected chi connectivity index (χ2v) is 3.72. The predicted molar refractivity (Wildman–Crippen MR) is 57.5 cm³/mol. The van der Waals surface area contributed by atoms with Gasteiger partial charge in [0, 0.05) is 6.04 Å². The van der Waals surface area contributed by atoms with Gasteiger partial charge in [0.1, 0.15) is 23.3 Å². The van der Waals surface area contributed by atoms with Crippen molar-refractivity contribution in [2.45, 2.75) is 32.2 Å². The summed E-state index contributed by atoms with van der Waals surface area (Å²) in [5, 5.41) is 8.51. The smallest absolute Gasteiger partial charge is 0.144 e. The maximum atomic E-state index is 13.3. The van der Waals surface area contributed by atoms with Gasteiger partial charge in [0.2, 0.25) is 0 Å². The van der Waals surface area contributed by atoms with Crippen molar-refractivity contribution >= 4 is 0 Å². The molecule has 0 heterocycles. The van der Waals surface area contributed by atoms with Gasteiger partial charge < -0.3 is 5.73 Å². The zero-order valence-electron chi connectivity index (χ0n) is 9.13. The summed E-state index contributed by atoms with van der Waals surface area (Å²) >= 11 is 0. The molecule has 1 aromatic rings.